The number of benzene rings is 4. The lowest BCUT2D eigenvalue weighted by molar-refractivity contribution is -0.116. The summed E-state index contributed by atoms with van der Waals surface area (Å²) in [6.07, 6.45) is 4.24. The zero-order valence-electron chi connectivity index (χ0n) is 28.1. The minimum absolute atomic E-state index is 0.0500. The summed E-state index contributed by atoms with van der Waals surface area (Å²) in [5.41, 5.74) is 3.68. The summed E-state index contributed by atoms with van der Waals surface area (Å²) in [6, 6.07) is 21.9. The molecule has 1 saturated heterocycles. The molecule has 4 aromatic rings. The third-order valence-corrected chi connectivity index (χ3v) is 9.22. The number of nitriles is 1. The van der Waals surface area contributed by atoms with Crippen molar-refractivity contribution >= 4 is 24.3 Å². The highest BCUT2D eigenvalue weighted by Gasteiger charge is 2.36. The van der Waals surface area contributed by atoms with E-state index in [9.17, 15) is 14.9 Å². The van der Waals surface area contributed by atoms with E-state index in [4.69, 9.17) is 23.7 Å². The second-order valence-corrected chi connectivity index (χ2v) is 12.5. The number of anilines is 1. The Labute approximate surface area is 291 Å². The van der Waals surface area contributed by atoms with Crippen molar-refractivity contribution in [2.24, 2.45) is 0 Å². The maximum atomic E-state index is 15.6. The van der Waals surface area contributed by atoms with Crippen molar-refractivity contribution in [2.75, 3.05) is 32.8 Å². The molecule has 1 amide bonds. The van der Waals surface area contributed by atoms with E-state index in [1.54, 1.807) is 67.8 Å². The molecule has 2 heterocycles. The minimum Gasteiger partial charge on any atom is -0.497 e. The number of ether oxygens (including phenoxy) is 5. The van der Waals surface area contributed by atoms with Crippen LogP contribution in [-0.4, -0.2) is 52.1 Å². The Hall–Kier alpha value is -5.34. The number of carbonyl (C=O) groups excluding carboxylic acids is 2. The number of fused-ring (bicyclic) bond motifs is 1. The molecular weight excluding hydrogens is 638 g/mol. The Bertz CT molecular complexity index is 1890. The number of hydrogen-bond donors (Lipinski definition) is 1. The molecule has 0 saturated carbocycles. The lowest BCUT2D eigenvalue weighted by atomic mass is 9.35. The SMILES string of the molecule is COC(=O)c1ccc(-c2ccc(Oc3cc4c(cc3OCC3CCCCO3)CCB(C#N)C4CC(=O)Nc3cccc(OC)c3)cc2F)cc1. The van der Waals surface area contributed by atoms with Gasteiger partial charge in [-0.05, 0) is 96.7 Å². The number of rotatable bonds is 11. The number of hydrogen-bond acceptors (Lipinski definition) is 8. The molecule has 0 spiro atoms. The average Bonchev–Trinajstić information content (AvgIpc) is 3.14. The molecule has 2 aliphatic rings. The van der Waals surface area contributed by atoms with Gasteiger partial charge in [-0.2, -0.15) is 0 Å². The molecule has 0 bridgehead atoms. The van der Waals surface area contributed by atoms with E-state index in [2.05, 4.69) is 11.3 Å². The second kappa shape index (κ2) is 15.9. The number of methoxy groups -OCH3 is 2. The van der Waals surface area contributed by atoms with Gasteiger partial charge in [0, 0.05) is 42.4 Å². The summed E-state index contributed by atoms with van der Waals surface area (Å²) in [6.45, 7) is 0.626. The van der Waals surface area contributed by atoms with Gasteiger partial charge in [-0.3, -0.25) is 4.79 Å². The number of aryl methyl sites for hydroxylation is 1. The Morgan fingerprint density at radius 1 is 1.00 bits per heavy atom. The maximum Gasteiger partial charge on any atom is 0.337 e. The second-order valence-electron chi connectivity index (χ2n) is 12.5. The summed E-state index contributed by atoms with van der Waals surface area (Å²) >= 11 is 0. The molecule has 0 radical (unpaired) electrons. The summed E-state index contributed by atoms with van der Waals surface area (Å²) in [5.74, 6) is 2.49. The lowest BCUT2D eigenvalue weighted by Gasteiger charge is -2.29. The van der Waals surface area contributed by atoms with E-state index >= 15 is 4.39 Å². The van der Waals surface area contributed by atoms with E-state index in [1.165, 1.54) is 13.2 Å². The fourth-order valence-electron chi connectivity index (χ4n) is 6.57. The van der Waals surface area contributed by atoms with Gasteiger partial charge in [0.25, 0.3) is 6.71 Å². The molecule has 256 valence electrons. The minimum atomic E-state index is -0.513. The number of halogens is 1. The molecule has 0 aliphatic carbocycles. The van der Waals surface area contributed by atoms with Crippen LogP contribution in [0.5, 0.6) is 23.0 Å². The van der Waals surface area contributed by atoms with Crippen molar-refractivity contribution in [3.05, 3.63) is 101 Å². The Balaban J connectivity index is 1.29. The predicted octanol–water partition coefficient (Wildman–Crippen LogP) is 7.79. The van der Waals surface area contributed by atoms with Crippen molar-refractivity contribution < 1.29 is 37.7 Å². The van der Waals surface area contributed by atoms with Crippen LogP contribution in [0.2, 0.25) is 6.32 Å². The number of amides is 1. The van der Waals surface area contributed by atoms with Gasteiger partial charge in [-0.1, -0.05) is 24.5 Å². The average molecular weight is 677 g/mol. The fraction of sp³-hybridized carbons (Fsp3) is 0.308. The zero-order valence-corrected chi connectivity index (χ0v) is 28.1. The highest BCUT2D eigenvalue weighted by Crippen LogP contribution is 2.43. The monoisotopic (exact) mass is 676 g/mol. The van der Waals surface area contributed by atoms with Gasteiger partial charge >= 0.3 is 5.97 Å². The van der Waals surface area contributed by atoms with Crippen LogP contribution < -0.4 is 19.5 Å². The highest BCUT2D eigenvalue weighted by atomic mass is 19.1. The Morgan fingerprint density at radius 3 is 2.56 bits per heavy atom. The molecule has 2 aliphatic heterocycles. The van der Waals surface area contributed by atoms with E-state index in [-0.39, 0.29) is 24.2 Å². The standard InChI is InChI=1S/C39H38BFN2O7/c1-46-29-8-5-6-28(19-29)43-38(44)22-34-33-21-37(36(18-27(33)15-16-40(34)24-42)49-23-31-7-3-4-17-48-31)50-30-13-14-32(35(41)20-30)25-9-11-26(12-10-25)39(45)47-2/h5-6,8-14,18-21,31,34H,3-4,7,15-17,22-23H2,1-2H3,(H,43,44). The van der Waals surface area contributed by atoms with Gasteiger partial charge in [-0.15, -0.1) is 0 Å². The van der Waals surface area contributed by atoms with Crippen LogP contribution in [-0.2, 0) is 20.7 Å². The summed E-state index contributed by atoms with van der Waals surface area (Å²) in [7, 11) is 2.87. The molecule has 9 nitrogen and oxygen atoms in total. The Kier molecular flexibility index (Phi) is 11.0. The van der Waals surface area contributed by atoms with Gasteiger partial charge in [0.2, 0.25) is 5.91 Å². The van der Waals surface area contributed by atoms with Crippen LogP contribution in [0.15, 0.2) is 78.9 Å². The van der Waals surface area contributed by atoms with Crippen molar-refractivity contribution in [2.45, 2.75) is 50.3 Å². The number of nitrogens with one attached hydrogen (secondary N) is 1. The molecule has 11 heteroatoms. The van der Waals surface area contributed by atoms with Gasteiger partial charge in [0.1, 0.15) is 23.9 Å². The number of nitrogens with zero attached hydrogens (tertiary/aromatic N) is 1. The van der Waals surface area contributed by atoms with E-state index < -0.39 is 24.3 Å². The predicted molar refractivity (Wildman–Crippen MR) is 188 cm³/mol. The van der Waals surface area contributed by atoms with E-state index in [1.807, 2.05) is 12.1 Å². The number of esters is 1. The molecule has 0 aromatic heterocycles. The molecule has 6 rings (SSSR count). The van der Waals surface area contributed by atoms with Crippen LogP contribution in [0.3, 0.4) is 0 Å². The first-order valence-electron chi connectivity index (χ1n) is 16.8. The first-order chi connectivity index (χ1) is 24.3. The fourth-order valence-corrected chi connectivity index (χ4v) is 6.57. The smallest absolute Gasteiger partial charge is 0.337 e. The van der Waals surface area contributed by atoms with Crippen LogP contribution in [0.25, 0.3) is 11.1 Å². The van der Waals surface area contributed by atoms with Crippen molar-refractivity contribution in [3.63, 3.8) is 0 Å². The lowest BCUT2D eigenvalue weighted by Crippen LogP contribution is -2.32. The summed E-state index contributed by atoms with van der Waals surface area (Å²) < 4.78 is 44.1. The Morgan fingerprint density at radius 2 is 1.84 bits per heavy atom. The first-order valence-corrected chi connectivity index (χ1v) is 16.8. The third kappa shape index (κ3) is 8.09. The zero-order chi connectivity index (χ0) is 35.0. The van der Waals surface area contributed by atoms with Crippen molar-refractivity contribution in [3.8, 4) is 40.1 Å². The van der Waals surface area contributed by atoms with Gasteiger partial charge in [0.15, 0.2) is 11.5 Å². The van der Waals surface area contributed by atoms with Gasteiger partial charge < -0.3 is 29.0 Å². The van der Waals surface area contributed by atoms with Crippen LogP contribution in [0.1, 0.15) is 53.0 Å². The van der Waals surface area contributed by atoms with E-state index in [0.29, 0.717) is 65.6 Å². The van der Waals surface area contributed by atoms with Crippen LogP contribution in [0, 0.1) is 17.0 Å². The molecule has 4 aromatic carbocycles. The van der Waals surface area contributed by atoms with Crippen LogP contribution in [0.4, 0.5) is 10.1 Å². The van der Waals surface area contributed by atoms with Crippen LogP contribution >= 0.6 is 0 Å². The molecule has 50 heavy (non-hydrogen) atoms. The van der Waals surface area contributed by atoms with Gasteiger partial charge in [-0.25, -0.2) is 14.4 Å². The van der Waals surface area contributed by atoms with Crippen molar-refractivity contribution in [1.82, 2.24) is 0 Å². The summed E-state index contributed by atoms with van der Waals surface area (Å²) in [5, 5.41) is 13.1. The topological polar surface area (TPSA) is 116 Å². The van der Waals surface area contributed by atoms with Crippen molar-refractivity contribution in [1.29, 1.82) is 5.26 Å². The molecule has 2 unspecified atom stereocenters. The molecule has 1 N–H and O–H groups in total. The maximum absolute atomic E-state index is 15.6. The quantitative estimate of drug-likeness (QED) is 0.126. The molecule has 2 atom stereocenters. The highest BCUT2D eigenvalue weighted by molar-refractivity contribution is 6.69. The normalized spacial score (nSPS) is 16.8. The largest absolute Gasteiger partial charge is 0.497 e. The third-order valence-electron chi connectivity index (χ3n) is 9.22. The first kappa shape index (κ1) is 34.5. The van der Waals surface area contributed by atoms with E-state index in [0.717, 1.165) is 30.4 Å². The van der Waals surface area contributed by atoms with Gasteiger partial charge in [0.05, 0.1) is 25.9 Å². The molecular formula is C39H38BFN2O7. The molecule has 1 fully saturated rings. The number of carbonyl (C=O) groups is 2. The summed E-state index contributed by atoms with van der Waals surface area (Å²) in [4.78, 5) is 25.2.